The van der Waals surface area contributed by atoms with Gasteiger partial charge in [0.05, 0.1) is 0 Å². The van der Waals surface area contributed by atoms with Crippen molar-refractivity contribution in [3.63, 3.8) is 0 Å². The molecule has 1 unspecified atom stereocenters. The molecule has 3 aliphatic rings. The summed E-state index contributed by atoms with van der Waals surface area (Å²) >= 11 is 0. The van der Waals surface area contributed by atoms with Crippen molar-refractivity contribution < 1.29 is 4.79 Å². The summed E-state index contributed by atoms with van der Waals surface area (Å²) in [5, 5.41) is 0. The van der Waals surface area contributed by atoms with Crippen LogP contribution in [0.5, 0.6) is 0 Å². The predicted molar refractivity (Wildman–Crippen MR) is 72.4 cm³/mol. The molecule has 96 valence electrons. The zero-order valence-electron chi connectivity index (χ0n) is 10.8. The van der Waals surface area contributed by atoms with Crippen LogP contribution in [0.25, 0.3) is 0 Å². The molecule has 3 fully saturated rings. The van der Waals surface area contributed by atoms with Crippen LogP contribution in [0.4, 0.5) is 0 Å². The fourth-order valence-electron chi connectivity index (χ4n) is 3.51. The predicted octanol–water partition coefficient (Wildman–Crippen LogP) is 2.53. The third kappa shape index (κ3) is 2.64. The highest BCUT2D eigenvalue weighted by molar-refractivity contribution is 5.81. The zero-order valence-corrected chi connectivity index (χ0v) is 10.8. The van der Waals surface area contributed by atoms with Gasteiger partial charge >= 0.3 is 0 Å². The summed E-state index contributed by atoms with van der Waals surface area (Å²) in [7, 11) is 0. The average Bonchev–Trinajstić information content (AvgIpc) is 2.41. The van der Waals surface area contributed by atoms with E-state index in [1.807, 2.05) is 18.2 Å². The highest BCUT2D eigenvalue weighted by atomic mass is 16.1. The van der Waals surface area contributed by atoms with Gasteiger partial charge in [-0.3, -0.25) is 4.79 Å². The van der Waals surface area contributed by atoms with Crippen LogP contribution in [0.3, 0.4) is 0 Å². The number of benzene rings is 1. The van der Waals surface area contributed by atoms with E-state index in [0.29, 0.717) is 18.1 Å². The molecule has 1 aromatic rings. The first-order valence-corrected chi connectivity index (χ1v) is 7.09. The lowest BCUT2D eigenvalue weighted by Gasteiger charge is -2.44. The van der Waals surface area contributed by atoms with Crippen LogP contribution in [0, 0.1) is 11.8 Å². The van der Waals surface area contributed by atoms with E-state index in [1.54, 1.807) is 0 Å². The summed E-state index contributed by atoms with van der Waals surface area (Å²) in [6, 6.07) is 10.1. The van der Waals surface area contributed by atoms with Gasteiger partial charge in [-0.2, -0.15) is 0 Å². The smallest absolute Gasteiger partial charge is 0.137 e. The minimum absolute atomic E-state index is 0.417. The van der Waals surface area contributed by atoms with Crippen LogP contribution in [-0.2, 0) is 11.2 Å². The van der Waals surface area contributed by atoms with Crippen LogP contribution in [-0.4, -0.2) is 30.3 Å². The first-order chi connectivity index (χ1) is 8.81. The van der Waals surface area contributed by atoms with Gasteiger partial charge in [0.25, 0.3) is 0 Å². The van der Waals surface area contributed by atoms with Gasteiger partial charge < -0.3 is 4.90 Å². The number of carbonyl (C=O) groups is 1. The number of nitrogens with zero attached hydrogens (tertiary/aromatic N) is 1. The molecular formula is C16H21NO. The van der Waals surface area contributed by atoms with Gasteiger partial charge in [0.15, 0.2) is 0 Å². The van der Waals surface area contributed by atoms with E-state index in [1.165, 1.54) is 25.9 Å². The number of carbonyl (C=O) groups excluding carboxylic acids is 1. The third-order valence-corrected chi connectivity index (χ3v) is 4.53. The number of ketones is 1. The fourth-order valence-corrected chi connectivity index (χ4v) is 3.51. The van der Waals surface area contributed by atoms with Crippen molar-refractivity contribution in [3.05, 3.63) is 35.9 Å². The van der Waals surface area contributed by atoms with Crippen LogP contribution in [0.1, 0.15) is 24.8 Å². The molecular weight excluding hydrogens is 222 g/mol. The monoisotopic (exact) mass is 243 g/mol. The van der Waals surface area contributed by atoms with E-state index in [9.17, 15) is 4.79 Å². The molecule has 1 aromatic carbocycles. The topological polar surface area (TPSA) is 20.3 Å². The Kier molecular flexibility index (Phi) is 3.46. The molecule has 2 nitrogen and oxygen atoms in total. The Labute approximate surface area is 109 Å². The second-order valence-corrected chi connectivity index (χ2v) is 5.80. The number of Topliss-reactive ketones (excluding diaryl/α,β-unsaturated/α-hetero) is 1. The van der Waals surface area contributed by atoms with E-state index >= 15 is 0 Å². The number of hydrogen-bond donors (Lipinski definition) is 0. The molecule has 0 radical (unpaired) electrons. The Morgan fingerprint density at radius 2 is 1.89 bits per heavy atom. The number of hydrogen-bond acceptors (Lipinski definition) is 2. The molecule has 3 saturated heterocycles. The molecule has 0 amide bonds. The molecule has 0 saturated carbocycles. The molecule has 2 bridgehead atoms. The van der Waals surface area contributed by atoms with Crippen LogP contribution < -0.4 is 0 Å². The second kappa shape index (κ2) is 5.23. The Morgan fingerprint density at radius 3 is 2.50 bits per heavy atom. The Balaban J connectivity index is 1.55. The number of rotatable bonds is 4. The van der Waals surface area contributed by atoms with E-state index in [2.05, 4.69) is 17.0 Å². The van der Waals surface area contributed by atoms with E-state index in [-0.39, 0.29) is 0 Å². The summed E-state index contributed by atoms with van der Waals surface area (Å²) in [4.78, 5) is 14.7. The van der Waals surface area contributed by atoms with Gasteiger partial charge in [0.2, 0.25) is 0 Å². The molecule has 2 heteroatoms. The lowest BCUT2D eigenvalue weighted by atomic mass is 9.76. The van der Waals surface area contributed by atoms with Gasteiger partial charge in [-0.15, -0.1) is 0 Å². The van der Waals surface area contributed by atoms with Gasteiger partial charge in [0.1, 0.15) is 5.78 Å². The highest BCUT2D eigenvalue weighted by Gasteiger charge is 2.34. The molecule has 0 aromatic heterocycles. The largest absolute Gasteiger partial charge is 0.303 e. The SMILES string of the molecule is O=C(Cc1ccccc1)CC1CN2CCC1CC2. The summed E-state index contributed by atoms with van der Waals surface area (Å²) in [6.45, 7) is 3.67. The Hall–Kier alpha value is -1.15. The van der Waals surface area contributed by atoms with Crippen molar-refractivity contribution in [2.45, 2.75) is 25.7 Å². The average molecular weight is 243 g/mol. The summed E-state index contributed by atoms with van der Waals surface area (Å²) in [5.41, 5.74) is 1.16. The first-order valence-electron chi connectivity index (χ1n) is 7.09. The minimum Gasteiger partial charge on any atom is -0.303 e. The second-order valence-electron chi connectivity index (χ2n) is 5.80. The number of piperidine rings is 3. The minimum atomic E-state index is 0.417. The van der Waals surface area contributed by atoms with Gasteiger partial charge in [-0.25, -0.2) is 0 Å². The normalized spacial score (nSPS) is 30.3. The molecule has 0 aliphatic carbocycles. The molecule has 18 heavy (non-hydrogen) atoms. The lowest BCUT2D eigenvalue weighted by molar-refractivity contribution is -0.120. The van der Waals surface area contributed by atoms with Crippen molar-refractivity contribution >= 4 is 5.78 Å². The molecule has 3 heterocycles. The molecule has 1 atom stereocenters. The molecule has 0 spiro atoms. The number of fused-ring (bicyclic) bond motifs is 3. The van der Waals surface area contributed by atoms with Crippen LogP contribution >= 0.6 is 0 Å². The van der Waals surface area contributed by atoms with Crippen molar-refractivity contribution in [2.75, 3.05) is 19.6 Å². The van der Waals surface area contributed by atoms with E-state index in [0.717, 1.165) is 24.4 Å². The van der Waals surface area contributed by atoms with Crippen molar-refractivity contribution in [1.82, 2.24) is 4.90 Å². The molecule has 4 rings (SSSR count). The van der Waals surface area contributed by atoms with Crippen molar-refractivity contribution in [3.8, 4) is 0 Å². The Morgan fingerprint density at radius 1 is 1.17 bits per heavy atom. The standard InChI is InChI=1S/C16H21NO/c18-16(10-13-4-2-1-3-5-13)11-15-12-17-8-6-14(15)7-9-17/h1-5,14-15H,6-12H2. The van der Waals surface area contributed by atoms with Crippen LogP contribution in [0.15, 0.2) is 30.3 Å². The maximum absolute atomic E-state index is 12.1. The van der Waals surface area contributed by atoms with Crippen molar-refractivity contribution in [1.29, 1.82) is 0 Å². The summed E-state index contributed by atoms with van der Waals surface area (Å²) in [5.74, 6) is 1.86. The quantitative estimate of drug-likeness (QED) is 0.810. The first kappa shape index (κ1) is 11.9. The van der Waals surface area contributed by atoms with E-state index < -0.39 is 0 Å². The van der Waals surface area contributed by atoms with E-state index in [4.69, 9.17) is 0 Å². The lowest BCUT2D eigenvalue weighted by Crippen LogP contribution is -2.47. The fraction of sp³-hybridized carbons (Fsp3) is 0.562. The molecule has 3 aliphatic heterocycles. The van der Waals surface area contributed by atoms with Crippen LogP contribution in [0.2, 0.25) is 0 Å². The van der Waals surface area contributed by atoms with Gasteiger partial charge in [-0.1, -0.05) is 30.3 Å². The molecule has 0 N–H and O–H groups in total. The maximum atomic E-state index is 12.1. The zero-order chi connectivity index (χ0) is 12.4. The van der Waals surface area contributed by atoms with Gasteiger partial charge in [0, 0.05) is 19.4 Å². The summed E-state index contributed by atoms with van der Waals surface area (Å²) < 4.78 is 0. The van der Waals surface area contributed by atoms with Crippen molar-refractivity contribution in [2.24, 2.45) is 11.8 Å². The Bertz CT molecular complexity index is 406. The van der Waals surface area contributed by atoms with Gasteiger partial charge in [-0.05, 0) is 43.3 Å². The highest BCUT2D eigenvalue weighted by Crippen LogP contribution is 2.34. The third-order valence-electron chi connectivity index (χ3n) is 4.53. The summed E-state index contributed by atoms with van der Waals surface area (Å²) in [6.07, 6.45) is 4.02. The maximum Gasteiger partial charge on any atom is 0.137 e.